The molecule has 1 aromatic carbocycles. The summed E-state index contributed by atoms with van der Waals surface area (Å²) in [5.74, 6) is -0.525. The molecule has 2 aromatic heterocycles. The van der Waals surface area contributed by atoms with Gasteiger partial charge in [-0.1, -0.05) is 29.3 Å². The van der Waals surface area contributed by atoms with Crippen LogP contribution in [0, 0.1) is 5.82 Å². The minimum Gasteiger partial charge on any atom is -0.246 e. The average Bonchev–Trinajstić information content (AvgIpc) is 3.11. The van der Waals surface area contributed by atoms with Crippen molar-refractivity contribution in [3.05, 3.63) is 57.4 Å². The lowest BCUT2D eigenvalue weighted by molar-refractivity contribution is 0.602. The van der Waals surface area contributed by atoms with E-state index in [0.29, 0.717) is 9.90 Å². The molecule has 0 saturated heterocycles. The summed E-state index contributed by atoms with van der Waals surface area (Å²) < 4.78 is 41.4. The molecule has 0 amide bonds. The molecule has 2 heterocycles. The van der Waals surface area contributed by atoms with Gasteiger partial charge < -0.3 is 0 Å². The van der Waals surface area contributed by atoms with Gasteiger partial charge in [-0.15, -0.1) is 16.4 Å². The topological polar surface area (TPSA) is 76.9 Å². The highest BCUT2D eigenvalue weighted by Gasteiger charge is 2.18. The number of nitrogens with zero attached hydrogens (tertiary/aromatic N) is 3. The van der Waals surface area contributed by atoms with Crippen molar-refractivity contribution in [2.24, 2.45) is 0 Å². The minimum absolute atomic E-state index is 0.0606. The first kappa shape index (κ1) is 17.2. The van der Waals surface area contributed by atoms with Gasteiger partial charge in [0.2, 0.25) is 0 Å². The summed E-state index contributed by atoms with van der Waals surface area (Å²) in [7, 11) is -3.80. The molecule has 0 aliphatic rings. The molecule has 11 heteroatoms. The van der Waals surface area contributed by atoms with Crippen LogP contribution in [0.5, 0.6) is 0 Å². The van der Waals surface area contributed by atoms with E-state index in [0.717, 1.165) is 11.3 Å². The van der Waals surface area contributed by atoms with Crippen LogP contribution in [-0.4, -0.2) is 23.2 Å². The standard InChI is InChI=1S/C13H9Cl2FN4O2S2/c14-10-5-9(16)2-1-8(10)6-20-7-17-13(18-20)19-24(21,22)12-4-3-11(15)23-12/h1-5,7H,6H2,(H,18,19). The van der Waals surface area contributed by atoms with E-state index < -0.39 is 15.8 Å². The highest BCUT2D eigenvalue weighted by molar-refractivity contribution is 7.94. The molecule has 126 valence electrons. The summed E-state index contributed by atoms with van der Waals surface area (Å²) in [6, 6.07) is 6.88. The third kappa shape index (κ3) is 3.86. The van der Waals surface area contributed by atoms with Crippen molar-refractivity contribution in [2.45, 2.75) is 10.8 Å². The second kappa shape index (κ2) is 6.67. The molecular formula is C13H9Cl2FN4O2S2. The van der Waals surface area contributed by atoms with Gasteiger partial charge in [-0.2, -0.15) is 4.98 Å². The summed E-state index contributed by atoms with van der Waals surface area (Å²) in [6.07, 6.45) is 1.35. The Morgan fingerprint density at radius 3 is 2.71 bits per heavy atom. The molecule has 6 nitrogen and oxygen atoms in total. The lowest BCUT2D eigenvalue weighted by Gasteiger charge is -2.04. The first-order valence-corrected chi connectivity index (χ1v) is 9.50. The predicted octanol–water partition coefficient (Wildman–Crippen LogP) is 3.63. The Morgan fingerprint density at radius 1 is 1.25 bits per heavy atom. The number of aromatic nitrogens is 3. The number of rotatable bonds is 5. The molecule has 0 saturated carbocycles. The summed E-state index contributed by atoms with van der Waals surface area (Å²) >= 11 is 12.6. The lowest BCUT2D eigenvalue weighted by atomic mass is 10.2. The maximum absolute atomic E-state index is 13.0. The molecule has 0 aliphatic carbocycles. The molecular weight excluding hydrogens is 398 g/mol. The van der Waals surface area contributed by atoms with Crippen LogP contribution in [0.3, 0.4) is 0 Å². The SMILES string of the molecule is O=S(=O)(Nc1ncn(Cc2ccc(F)cc2Cl)n1)c1ccc(Cl)s1. The summed E-state index contributed by atoms with van der Waals surface area (Å²) in [4.78, 5) is 3.89. The number of hydrogen-bond acceptors (Lipinski definition) is 5. The molecule has 0 atom stereocenters. The van der Waals surface area contributed by atoms with E-state index in [2.05, 4.69) is 14.8 Å². The van der Waals surface area contributed by atoms with Gasteiger partial charge in [-0.05, 0) is 29.8 Å². The molecule has 0 radical (unpaired) electrons. The van der Waals surface area contributed by atoms with Gasteiger partial charge in [-0.3, -0.25) is 0 Å². The van der Waals surface area contributed by atoms with Crippen LogP contribution in [0.15, 0.2) is 40.9 Å². The third-order valence-corrected chi connectivity index (χ3v) is 6.33. The van der Waals surface area contributed by atoms with Gasteiger partial charge in [0.15, 0.2) is 0 Å². The zero-order valence-electron chi connectivity index (χ0n) is 11.8. The van der Waals surface area contributed by atoms with Crippen LogP contribution in [0.25, 0.3) is 0 Å². The van der Waals surface area contributed by atoms with Crippen molar-refractivity contribution in [2.75, 3.05) is 4.72 Å². The van der Waals surface area contributed by atoms with Crippen molar-refractivity contribution in [1.29, 1.82) is 0 Å². The van der Waals surface area contributed by atoms with E-state index in [1.807, 2.05) is 0 Å². The summed E-state index contributed by atoms with van der Waals surface area (Å²) in [5.41, 5.74) is 0.627. The van der Waals surface area contributed by atoms with E-state index in [9.17, 15) is 12.8 Å². The van der Waals surface area contributed by atoms with Crippen molar-refractivity contribution >= 4 is 50.5 Å². The van der Waals surface area contributed by atoms with Gasteiger partial charge in [0.1, 0.15) is 16.4 Å². The molecule has 0 unspecified atom stereocenters. The molecule has 0 bridgehead atoms. The number of anilines is 1. The second-order valence-corrected chi connectivity index (χ2v) is 8.70. The molecule has 3 rings (SSSR count). The van der Waals surface area contributed by atoms with Crippen LogP contribution in [0.1, 0.15) is 5.56 Å². The Hall–Kier alpha value is -1.68. The van der Waals surface area contributed by atoms with Crippen molar-refractivity contribution in [3.8, 4) is 0 Å². The van der Waals surface area contributed by atoms with Crippen LogP contribution < -0.4 is 4.72 Å². The fraction of sp³-hybridized carbons (Fsp3) is 0.0769. The van der Waals surface area contributed by atoms with Crippen molar-refractivity contribution in [1.82, 2.24) is 14.8 Å². The zero-order valence-corrected chi connectivity index (χ0v) is 14.9. The van der Waals surface area contributed by atoms with E-state index in [1.54, 1.807) is 0 Å². The molecule has 3 aromatic rings. The fourth-order valence-corrected chi connectivity index (χ4v) is 4.51. The van der Waals surface area contributed by atoms with Crippen LogP contribution in [0.2, 0.25) is 9.36 Å². The number of benzene rings is 1. The largest absolute Gasteiger partial charge is 0.273 e. The maximum Gasteiger partial charge on any atom is 0.273 e. The number of sulfonamides is 1. The van der Waals surface area contributed by atoms with Crippen LogP contribution >= 0.6 is 34.5 Å². The molecule has 1 N–H and O–H groups in total. The fourth-order valence-electron chi connectivity index (χ4n) is 1.85. The highest BCUT2D eigenvalue weighted by Crippen LogP contribution is 2.26. The van der Waals surface area contributed by atoms with E-state index in [1.165, 1.54) is 41.3 Å². The number of halogens is 3. The Labute approximate surface area is 150 Å². The Morgan fingerprint density at radius 2 is 2.04 bits per heavy atom. The minimum atomic E-state index is -3.80. The van der Waals surface area contributed by atoms with Gasteiger partial charge in [-0.25, -0.2) is 22.2 Å². The first-order valence-electron chi connectivity index (χ1n) is 6.45. The first-order chi connectivity index (χ1) is 11.3. The molecule has 0 fully saturated rings. The van der Waals surface area contributed by atoms with E-state index in [4.69, 9.17) is 23.2 Å². The lowest BCUT2D eigenvalue weighted by Crippen LogP contribution is -2.13. The maximum atomic E-state index is 13.0. The Kier molecular flexibility index (Phi) is 4.77. The van der Waals surface area contributed by atoms with Crippen LogP contribution in [0.4, 0.5) is 10.3 Å². The monoisotopic (exact) mass is 406 g/mol. The quantitative estimate of drug-likeness (QED) is 0.701. The smallest absolute Gasteiger partial charge is 0.246 e. The number of nitrogens with one attached hydrogen (secondary N) is 1. The highest BCUT2D eigenvalue weighted by atomic mass is 35.5. The van der Waals surface area contributed by atoms with Crippen molar-refractivity contribution in [3.63, 3.8) is 0 Å². The van der Waals surface area contributed by atoms with Gasteiger partial charge in [0.05, 0.1) is 10.9 Å². The van der Waals surface area contributed by atoms with Gasteiger partial charge >= 0.3 is 0 Å². The summed E-state index contributed by atoms with van der Waals surface area (Å²) in [5, 5.41) is 4.27. The third-order valence-electron chi connectivity index (χ3n) is 2.92. The van der Waals surface area contributed by atoms with Crippen LogP contribution in [-0.2, 0) is 16.6 Å². The zero-order chi connectivity index (χ0) is 17.3. The van der Waals surface area contributed by atoms with E-state index in [-0.39, 0.29) is 21.7 Å². The van der Waals surface area contributed by atoms with Gasteiger partial charge in [0.25, 0.3) is 16.0 Å². The number of hydrogen-bond donors (Lipinski definition) is 1. The Bertz CT molecular complexity index is 988. The molecule has 0 spiro atoms. The molecule has 24 heavy (non-hydrogen) atoms. The van der Waals surface area contributed by atoms with Gasteiger partial charge in [0, 0.05) is 5.02 Å². The predicted molar refractivity (Wildman–Crippen MR) is 90.7 cm³/mol. The summed E-state index contributed by atoms with van der Waals surface area (Å²) in [6.45, 7) is 0.221. The molecule has 0 aliphatic heterocycles. The second-order valence-electron chi connectivity index (χ2n) is 4.67. The average molecular weight is 407 g/mol. The normalized spacial score (nSPS) is 11.6. The number of thiophene rings is 1. The van der Waals surface area contributed by atoms with E-state index >= 15 is 0 Å². The Balaban J connectivity index is 1.76. The van der Waals surface area contributed by atoms with Crippen molar-refractivity contribution < 1.29 is 12.8 Å².